The summed E-state index contributed by atoms with van der Waals surface area (Å²) in [4.78, 5) is 0. The van der Waals surface area contributed by atoms with Crippen molar-refractivity contribution in [2.45, 2.75) is 45.4 Å². The van der Waals surface area contributed by atoms with E-state index in [1.54, 1.807) is 0 Å². The SMILES string of the molecule is CC1OC2(CCSCC2)NCC1(C)C. The smallest absolute Gasteiger partial charge is 0.121 e. The maximum absolute atomic E-state index is 6.21. The summed E-state index contributed by atoms with van der Waals surface area (Å²) in [5, 5.41) is 3.62. The van der Waals surface area contributed by atoms with Gasteiger partial charge in [-0.15, -0.1) is 0 Å². The lowest BCUT2D eigenvalue weighted by molar-refractivity contribution is -0.184. The molecule has 0 aliphatic carbocycles. The van der Waals surface area contributed by atoms with Crippen molar-refractivity contribution < 1.29 is 4.74 Å². The Morgan fingerprint density at radius 3 is 2.50 bits per heavy atom. The van der Waals surface area contributed by atoms with E-state index in [1.807, 2.05) is 11.8 Å². The van der Waals surface area contributed by atoms with Gasteiger partial charge in [-0.05, 0) is 31.3 Å². The first-order chi connectivity index (χ1) is 6.54. The Balaban J connectivity index is 2.03. The summed E-state index contributed by atoms with van der Waals surface area (Å²) in [6, 6.07) is 0. The zero-order chi connectivity index (χ0) is 10.2. The third-order valence-corrected chi connectivity index (χ3v) is 4.66. The van der Waals surface area contributed by atoms with E-state index in [4.69, 9.17) is 4.74 Å². The van der Waals surface area contributed by atoms with Gasteiger partial charge in [0.15, 0.2) is 0 Å². The second-order valence-corrected chi connectivity index (χ2v) is 6.43. The maximum Gasteiger partial charge on any atom is 0.121 e. The van der Waals surface area contributed by atoms with Crippen molar-refractivity contribution in [2.75, 3.05) is 18.1 Å². The molecule has 0 bridgehead atoms. The van der Waals surface area contributed by atoms with Crippen LogP contribution in [-0.4, -0.2) is 29.9 Å². The summed E-state index contributed by atoms with van der Waals surface area (Å²) in [5.74, 6) is 2.47. The molecule has 2 nitrogen and oxygen atoms in total. The highest BCUT2D eigenvalue weighted by Crippen LogP contribution is 2.37. The van der Waals surface area contributed by atoms with Crippen molar-refractivity contribution in [3.05, 3.63) is 0 Å². The number of rotatable bonds is 0. The van der Waals surface area contributed by atoms with Crippen molar-refractivity contribution in [3.63, 3.8) is 0 Å². The zero-order valence-corrected chi connectivity index (χ0v) is 10.2. The highest BCUT2D eigenvalue weighted by molar-refractivity contribution is 7.99. The largest absolute Gasteiger partial charge is 0.357 e. The molecular formula is C11H21NOS. The summed E-state index contributed by atoms with van der Waals surface area (Å²) in [7, 11) is 0. The second-order valence-electron chi connectivity index (χ2n) is 5.21. The molecule has 3 heteroatoms. The Hall–Kier alpha value is 0.270. The molecule has 2 rings (SSSR count). The molecule has 0 aromatic heterocycles. The second kappa shape index (κ2) is 3.69. The molecule has 0 amide bonds. The van der Waals surface area contributed by atoms with Crippen LogP contribution >= 0.6 is 11.8 Å². The lowest BCUT2D eigenvalue weighted by Gasteiger charge is -2.50. The van der Waals surface area contributed by atoms with Crippen molar-refractivity contribution in [1.29, 1.82) is 0 Å². The fourth-order valence-electron chi connectivity index (χ4n) is 2.07. The summed E-state index contributed by atoms with van der Waals surface area (Å²) >= 11 is 2.04. The Labute approximate surface area is 91.2 Å². The van der Waals surface area contributed by atoms with Crippen molar-refractivity contribution in [3.8, 4) is 0 Å². The third-order valence-electron chi connectivity index (χ3n) is 3.67. The molecule has 2 aliphatic heterocycles. The van der Waals surface area contributed by atoms with Crippen LogP contribution in [0, 0.1) is 5.41 Å². The highest BCUT2D eigenvalue weighted by atomic mass is 32.2. The van der Waals surface area contributed by atoms with E-state index < -0.39 is 0 Å². The standard InChI is InChI=1S/C11H21NOS/c1-9-10(2,3)8-12-11(13-9)4-6-14-7-5-11/h9,12H,4-8H2,1-3H3. The normalized spacial score (nSPS) is 35.8. The summed E-state index contributed by atoms with van der Waals surface area (Å²) in [6.45, 7) is 7.84. The molecule has 14 heavy (non-hydrogen) atoms. The number of hydrogen-bond acceptors (Lipinski definition) is 3. The van der Waals surface area contributed by atoms with Crippen molar-refractivity contribution in [2.24, 2.45) is 5.41 Å². The summed E-state index contributed by atoms with van der Waals surface area (Å²) in [5.41, 5.74) is 0.288. The van der Waals surface area contributed by atoms with E-state index in [9.17, 15) is 0 Å². The zero-order valence-electron chi connectivity index (χ0n) is 9.43. The minimum atomic E-state index is 0.0141. The van der Waals surface area contributed by atoms with Gasteiger partial charge in [-0.3, -0.25) is 5.32 Å². The summed E-state index contributed by atoms with van der Waals surface area (Å²) in [6.07, 6.45) is 2.70. The molecule has 1 unspecified atom stereocenters. The molecule has 1 atom stereocenters. The van der Waals surface area contributed by atoms with Gasteiger partial charge in [-0.25, -0.2) is 0 Å². The fourth-order valence-corrected chi connectivity index (χ4v) is 3.22. The van der Waals surface area contributed by atoms with Gasteiger partial charge in [-0.1, -0.05) is 13.8 Å². The first kappa shape index (κ1) is 10.8. The lowest BCUT2D eigenvalue weighted by Crippen LogP contribution is -2.62. The monoisotopic (exact) mass is 215 g/mol. The first-order valence-electron chi connectivity index (χ1n) is 5.55. The van der Waals surface area contributed by atoms with Gasteiger partial charge in [0.1, 0.15) is 5.72 Å². The van der Waals surface area contributed by atoms with Crippen LogP contribution in [0.4, 0.5) is 0 Å². The van der Waals surface area contributed by atoms with Gasteiger partial charge in [0.2, 0.25) is 0 Å². The van der Waals surface area contributed by atoms with Crippen molar-refractivity contribution >= 4 is 11.8 Å². The Morgan fingerprint density at radius 2 is 1.93 bits per heavy atom. The fraction of sp³-hybridized carbons (Fsp3) is 1.00. The van der Waals surface area contributed by atoms with Gasteiger partial charge in [0, 0.05) is 12.0 Å². The molecular weight excluding hydrogens is 194 g/mol. The molecule has 2 aliphatic rings. The molecule has 2 saturated heterocycles. The van der Waals surface area contributed by atoms with E-state index in [2.05, 4.69) is 26.1 Å². The molecule has 0 aromatic rings. The van der Waals surface area contributed by atoms with Crippen LogP contribution < -0.4 is 5.32 Å². The molecule has 82 valence electrons. The first-order valence-corrected chi connectivity index (χ1v) is 6.70. The predicted molar refractivity (Wildman–Crippen MR) is 61.6 cm³/mol. The molecule has 0 radical (unpaired) electrons. The van der Waals surface area contributed by atoms with E-state index in [-0.39, 0.29) is 11.1 Å². The lowest BCUT2D eigenvalue weighted by atomic mass is 9.84. The van der Waals surface area contributed by atoms with Crippen LogP contribution in [0.5, 0.6) is 0 Å². The maximum atomic E-state index is 6.21. The molecule has 0 saturated carbocycles. The van der Waals surface area contributed by atoms with E-state index in [1.165, 1.54) is 11.5 Å². The minimum Gasteiger partial charge on any atom is -0.357 e. The molecule has 0 aromatic carbocycles. The number of thioether (sulfide) groups is 1. The van der Waals surface area contributed by atoms with Crippen LogP contribution in [0.3, 0.4) is 0 Å². The molecule has 2 fully saturated rings. The predicted octanol–water partition coefficient (Wildman–Crippen LogP) is 2.24. The van der Waals surface area contributed by atoms with Gasteiger partial charge in [0.25, 0.3) is 0 Å². The van der Waals surface area contributed by atoms with E-state index in [0.29, 0.717) is 6.10 Å². The quantitative estimate of drug-likeness (QED) is 0.669. The van der Waals surface area contributed by atoms with Crippen LogP contribution in [0.25, 0.3) is 0 Å². The van der Waals surface area contributed by atoms with Gasteiger partial charge >= 0.3 is 0 Å². The average molecular weight is 215 g/mol. The number of ether oxygens (including phenoxy) is 1. The van der Waals surface area contributed by atoms with Gasteiger partial charge < -0.3 is 4.74 Å². The highest BCUT2D eigenvalue weighted by Gasteiger charge is 2.43. The van der Waals surface area contributed by atoms with Crippen LogP contribution in [0.15, 0.2) is 0 Å². The third kappa shape index (κ3) is 1.95. The topological polar surface area (TPSA) is 21.3 Å². The van der Waals surface area contributed by atoms with Crippen LogP contribution in [0.2, 0.25) is 0 Å². The molecule has 1 N–H and O–H groups in total. The van der Waals surface area contributed by atoms with Gasteiger partial charge in [-0.2, -0.15) is 11.8 Å². The number of nitrogens with one attached hydrogen (secondary N) is 1. The number of hydrogen-bond donors (Lipinski definition) is 1. The molecule has 1 spiro atoms. The molecule has 2 heterocycles. The average Bonchev–Trinajstić information content (AvgIpc) is 2.15. The van der Waals surface area contributed by atoms with E-state index >= 15 is 0 Å². The summed E-state index contributed by atoms with van der Waals surface area (Å²) < 4.78 is 6.21. The Kier molecular flexibility index (Phi) is 2.84. The van der Waals surface area contributed by atoms with Crippen molar-refractivity contribution in [1.82, 2.24) is 5.32 Å². The van der Waals surface area contributed by atoms with E-state index in [0.717, 1.165) is 19.4 Å². The van der Waals surface area contributed by atoms with Crippen LogP contribution in [-0.2, 0) is 4.74 Å². The van der Waals surface area contributed by atoms with Gasteiger partial charge in [0.05, 0.1) is 6.10 Å². The Morgan fingerprint density at radius 1 is 1.29 bits per heavy atom. The minimum absolute atomic E-state index is 0.0141. The van der Waals surface area contributed by atoms with Crippen LogP contribution in [0.1, 0.15) is 33.6 Å². The Bertz CT molecular complexity index is 211.